The first-order valence-electron chi connectivity index (χ1n) is 8.10. The Labute approximate surface area is 151 Å². The van der Waals surface area contributed by atoms with Gasteiger partial charge in [0, 0.05) is 16.1 Å². The molecule has 0 amide bonds. The van der Waals surface area contributed by atoms with E-state index in [9.17, 15) is 0 Å². The van der Waals surface area contributed by atoms with Gasteiger partial charge in [-0.3, -0.25) is 0 Å². The largest absolute Gasteiger partial charge is 0.355 e. The van der Waals surface area contributed by atoms with Crippen molar-refractivity contribution in [3.8, 4) is 33.7 Å². The molecule has 0 fully saturated rings. The molecular weight excluding hydrogens is 330 g/mol. The van der Waals surface area contributed by atoms with Crippen LogP contribution in [0, 0.1) is 6.92 Å². The first-order valence-corrected chi connectivity index (χ1v) is 8.48. The van der Waals surface area contributed by atoms with E-state index >= 15 is 0 Å². The van der Waals surface area contributed by atoms with Crippen LogP contribution >= 0.6 is 11.6 Å². The molecular formula is C22H16ClNO. The average Bonchev–Trinajstić information content (AvgIpc) is 3.09. The van der Waals surface area contributed by atoms with Crippen molar-refractivity contribution < 1.29 is 4.52 Å². The number of benzene rings is 3. The molecule has 0 aliphatic heterocycles. The molecule has 2 nitrogen and oxygen atoms in total. The van der Waals surface area contributed by atoms with Crippen LogP contribution in [-0.4, -0.2) is 5.16 Å². The second-order valence-electron chi connectivity index (χ2n) is 5.97. The molecule has 0 radical (unpaired) electrons. The summed E-state index contributed by atoms with van der Waals surface area (Å²) in [7, 11) is 0. The summed E-state index contributed by atoms with van der Waals surface area (Å²) in [5.41, 5.74) is 6.08. The summed E-state index contributed by atoms with van der Waals surface area (Å²) in [4.78, 5) is 0. The second kappa shape index (κ2) is 6.58. The summed E-state index contributed by atoms with van der Waals surface area (Å²) < 4.78 is 5.78. The molecule has 1 aromatic heterocycles. The molecule has 4 aromatic rings. The number of halogens is 1. The maximum Gasteiger partial charge on any atom is 0.175 e. The van der Waals surface area contributed by atoms with Crippen molar-refractivity contribution in [1.29, 1.82) is 0 Å². The van der Waals surface area contributed by atoms with Crippen molar-refractivity contribution in [2.45, 2.75) is 6.92 Å². The van der Waals surface area contributed by atoms with Crippen LogP contribution in [0.15, 0.2) is 83.4 Å². The van der Waals surface area contributed by atoms with E-state index in [-0.39, 0.29) is 0 Å². The van der Waals surface area contributed by atoms with Gasteiger partial charge in [-0.15, -0.1) is 0 Å². The van der Waals surface area contributed by atoms with Crippen molar-refractivity contribution in [1.82, 2.24) is 5.16 Å². The number of hydrogen-bond acceptors (Lipinski definition) is 2. The topological polar surface area (TPSA) is 26.0 Å². The lowest BCUT2D eigenvalue weighted by Gasteiger charge is -2.06. The number of aryl methyl sites for hydroxylation is 1. The Balaban J connectivity index is 1.94. The van der Waals surface area contributed by atoms with Crippen LogP contribution in [0.3, 0.4) is 0 Å². The number of rotatable bonds is 3. The van der Waals surface area contributed by atoms with Gasteiger partial charge in [-0.1, -0.05) is 89.1 Å². The molecule has 0 N–H and O–H groups in total. The Bertz CT molecular complexity index is 924. The highest BCUT2D eigenvalue weighted by molar-refractivity contribution is 6.30. The van der Waals surface area contributed by atoms with Gasteiger partial charge in [0.2, 0.25) is 0 Å². The summed E-state index contributed by atoms with van der Waals surface area (Å²) in [6.07, 6.45) is 0. The smallest absolute Gasteiger partial charge is 0.175 e. The first kappa shape index (κ1) is 15.7. The van der Waals surface area contributed by atoms with Crippen molar-refractivity contribution in [2.75, 3.05) is 0 Å². The third-order valence-electron chi connectivity index (χ3n) is 4.19. The van der Waals surface area contributed by atoms with Crippen molar-refractivity contribution in [3.05, 3.63) is 89.4 Å². The summed E-state index contributed by atoms with van der Waals surface area (Å²) in [6, 6.07) is 26.1. The number of nitrogens with zero attached hydrogens (tertiary/aromatic N) is 1. The van der Waals surface area contributed by atoms with E-state index in [1.54, 1.807) is 0 Å². The van der Waals surface area contributed by atoms with Crippen molar-refractivity contribution >= 4 is 11.6 Å². The fourth-order valence-corrected chi connectivity index (χ4v) is 3.00. The van der Waals surface area contributed by atoms with Crippen LogP contribution in [0.4, 0.5) is 0 Å². The predicted molar refractivity (Wildman–Crippen MR) is 103 cm³/mol. The highest BCUT2D eigenvalue weighted by Crippen LogP contribution is 2.40. The number of hydrogen-bond donors (Lipinski definition) is 0. The van der Waals surface area contributed by atoms with Crippen LogP contribution < -0.4 is 0 Å². The van der Waals surface area contributed by atoms with E-state index in [2.05, 4.69) is 48.5 Å². The minimum absolute atomic E-state index is 0.701. The SMILES string of the molecule is Cc1ccc(-c2onc(-c3ccc(Cl)cc3)c2-c2ccccc2)cc1. The van der Waals surface area contributed by atoms with E-state index in [1.165, 1.54) is 5.56 Å². The minimum Gasteiger partial charge on any atom is -0.355 e. The van der Waals surface area contributed by atoms with Gasteiger partial charge in [-0.2, -0.15) is 0 Å². The zero-order chi connectivity index (χ0) is 17.2. The third kappa shape index (κ3) is 3.09. The average molecular weight is 346 g/mol. The molecule has 0 aliphatic carbocycles. The molecule has 0 aliphatic rings. The molecule has 0 spiro atoms. The minimum atomic E-state index is 0.701. The van der Waals surface area contributed by atoms with Crippen molar-refractivity contribution in [2.24, 2.45) is 0 Å². The van der Waals surface area contributed by atoms with E-state index in [0.29, 0.717) is 5.02 Å². The molecule has 0 atom stereocenters. The Morgan fingerprint density at radius 3 is 2.04 bits per heavy atom. The van der Waals surface area contributed by atoms with Gasteiger partial charge in [0.05, 0.1) is 5.56 Å². The number of aromatic nitrogens is 1. The fraction of sp³-hybridized carbons (Fsp3) is 0.0455. The Hall–Kier alpha value is -2.84. The van der Waals surface area contributed by atoms with E-state index < -0.39 is 0 Å². The molecule has 1 heterocycles. The molecule has 0 bridgehead atoms. The predicted octanol–water partition coefficient (Wildman–Crippen LogP) is 6.64. The molecule has 122 valence electrons. The lowest BCUT2D eigenvalue weighted by atomic mass is 9.96. The summed E-state index contributed by atoms with van der Waals surface area (Å²) >= 11 is 6.03. The van der Waals surface area contributed by atoms with Gasteiger partial charge in [-0.25, -0.2) is 0 Å². The van der Waals surface area contributed by atoms with Crippen molar-refractivity contribution in [3.63, 3.8) is 0 Å². The van der Waals surface area contributed by atoms with Gasteiger partial charge >= 0.3 is 0 Å². The maximum atomic E-state index is 6.03. The molecule has 0 unspecified atom stereocenters. The highest BCUT2D eigenvalue weighted by atomic mass is 35.5. The third-order valence-corrected chi connectivity index (χ3v) is 4.44. The van der Waals surface area contributed by atoms with Gasteiger partial charge in [0.1, 0.15) is 5.69 Å². The summed E-state index contributed by atoms with van der Waals surface area (Å²) in [5.74, 6) is 0.774. The lowest BCUT2D eigenvalue weighted by Crippen LogP contribution is -1.85. The van der Waals surface area contributed by atoms with Gasteiger partial charge in [-0.05, 0) is 24.6 Å². The Morgan fingerprint density at radius 1 is 0.720 bits per heavy atom. The van der Waals surface area contributed by atoms with E-state index in [0.717, 1.165) is 33.7 Å². The highest BCUT2D eigenvalue weighted by Gasteiger charge is 2.20. The summed E-state index contributed by atoms with van der Waals surface area (Å²) in [6.45, 7) is 2.07. The molecule has 4 rings (SSSR count). The molecule has 0 saturated heterocycles. The zero-order valence-electron chi connectivity index (χ0n) is 13.7. The molecule has 3 heteroatoms. The lowest BCUT2D eigenvalue weighted by molar-refractivity contribution is 0.435. The standard InChI is InChI=1S/C22H16ClNO/c1-15-7-9-18(10-8-15)22-20(16-5-3-2-4-6-16)21(24-25-22)17-11-13-19(23)14-12-17/h2-14H,1H3. The second-order valence-corrected chi connectivity index (χ2v) is 6.41. The van der Waals surface area contributed by atoms with Gasteiger partial charge in [0.15, 0.2) is 5.76 Å². The Kier molecular flexibility index (Phi) is 4.12. The maximum absolute atomic E-state index is 6.03. The monoisotopic (exact) mass is 345 g/mol. The normalized spacial score (nSPS) is 10.8. The molecule has 0 saturated carbocycles. The van der Waals surface area contributed by atoms with Crippen LogP contribution in [0.5, 0.6) is 0 Å². The van der Waals surface area contributed by atoms with Crippen LogP contribution in [0.25, 0.3) is 33.7 Å². The zero-order valence-corrected chi connectivity index (χ0v) is 14.5. The van der Waals surface area contributed by atoms with Crippen LogP contribution in [0.2, 0.25) is 5.02 Å². The van der Waals surface area contributed by atoms with E-state index in [4.69, 9.17) is 16.1 Å². The first-order chi connectivity index (χ1) is 12.2. The Morgan fingerprint density at radius 2 is 1.36 bits per heavy atom. The van der Waals surface area contributed by atoms with E-state index in [1.807, 2.05) is 42.5 Å². The van der Waals surface area contributed by atoms with Gasteiger partial charge in [0.25, 0.3) is 0 Å². The quantitative estimate of drug-likeness (QED) is 0.416. The summed E-state index contributed by atoms with van der Waals surface area (Å²) in [5, 5.41) is 5.07. The molecule has 25 heavy (non-hydrogen) atoms. The van der Waals surface area contributed by atoms with Crippen LogP contribution in [-0.2, 0) is 0 Å². The fourth-order valence-electron chi connectivity index (χ4n) is 2.87. The van der Waals surface area contributed by atoms with Crippen LogP contribution in [0.1, 0.15) is 5.56 Å². The van der Waals surface area contributed by atoms with Gasteiger partial charge < -0.3 is 4.52 Å². The molecule has 3 aromatic carbocycles.